The van der Waals surface area contributed by atoms with Crippen LogP contribution in [0.5, 0.6) is 0 Å². The minimum atomic E-state index is -0.466. The quantitative estimate of drug-likeness (QED) is 0.696. The summed E-state index contributed by atoms with van der Waals surface area (Å²) in [6, 6.07) is -0.466. The molecule has 0 aromatic carbocycles. The summed E-state index contributed by atoms with van der Waals surface area (Å²) in [7, 11) is 1.87. The molecule has 1 heterocycles. The van der Waals surface area contributed by atoms with Gasteiger partial charge in [0.05, 0.1) is 12.2 Å². The van der Waals surface area contributed by atoms with Gasteiger partial charge >= 0.3 is 0 Å². The van der Waals surface area contributed by atoms with Crippen LogP contribution < -0.4 is 11.1 Å². The van der Waals surface area contributed by atoms with Gasteiger partial charge < -0.3 is 11.1 Å². The fraction of sp³-hybridized carbons (Fsp3) is 0.556. The summed E-state index contributed by atoms with van der Waals surface area (Å²) in [4.78, 5) is 11.2. The normalized spacial score (nSPS) is 12.6. The first-order chi connectivity index (χ1) is 6.52. The maximum absolute atomic E-state index is 11.2. The molecule has 78 valence electrons. The summed E-state index contributed by atoms with van der Waals surface area (Å²) in [5.74, 6) is -0.145. The Kier molecular flexibility index (Phi) is 3.24. The van der Waals surface area contributed by atoms with Crippen LogP contribution in [-0.2, 0) is 18.4 Å². The van der Waals surface area contributed by atoms with E-state index in [2.05, 4.69) is 10.4 Å². The van der Waals surface area contributed by atoms with Crippen molar-refractivity contribution in [1.82, 2.24) is 15.1 Å². The van der Waals surface area contributed by atoms with Gasteiger partial charge in [0.1, 0.15) is 0 Å². The maximum Gasteiger partial charge on any atom is 0.236 e. The van der Waals surface area contributed by atoms with E-state index in [0.717, 1.165) is 11.3 Å². The van der Waals surface area contributed by atoms with Gasteiger partial charge in [-0.15, -0.1) is 0 Å². The second kappa shape index (κ2) is 4.23. The van der Waals surface area contributed by atoms with Gasteiger partial charge in [0.15, 0.2) is 0 Å². The summed E-state index contributed by atoms with van der Waals surface area (Å²) < 4.78 is 1.77. The van der Waals surface area contributed by atoms with Crippen molar-refractivity contribution in [3.8, 4) is 0 Å². The molecule has 0 fully saturated rings. The van der Waals surface area contributed by atoms with Crippen LogP contribution in [-0.4, -0.2) is 21.7 Å². The van der Waals surface area contributed by atoms with Crippen LogP contribution in [0.3, 0.4) is 0 Å². The number of aryl methyl sites for hydroxylation is 1. The molecule has 0 unspecified atom stereocenters. The summed E-state index contributed by atoms with van der Waals surface area (Å²) in [5.41, 5.74) is 7.48. The van der Waals surface area contributed by atoms with Gasteiger partial charge in [-0.3, -0.25) is 9.48 Å². The molecule has 0 bridgehead atoms. The first-order valence-corrected chi connectivity index (χ1v) is 4.53. The fourth-order valence-corrected chi connectivity index (χ4v) is 1.06. The number of nitrogens with one attached hydrogen (secondary N) is 1. The van der Waals surface area contributed by atoms with E-state index in [4.69, 9.17) is 5.73 Å². The Morgan fingerprint density at radius 1 is 1.79 bits per heavy atom. The molecular formula is C9H16N4O. The SMILES string of the molecule is Cc1c(CNC(=O)[C@H](C)N)cnn1C. The second-order valence-electron chi connectivity index (χ2n) is 3.39. The predicted octanol–water partition coefficient (Wildman–Crippen LogP) is -0.308. The molecule has 0 saturated heterocycles. The summed E-state index contributed by atoms with van der Waals surface area (Å²) in [6.45, 7) is 4.10. The fourth-order valence-electron chi connectivity index (χ4n) is 1.06. The molecule has 1 aromatic rings. The highest BCUT2D eigenvalue weighted by Gasteiger charge is 2.08. The number of rotatable bonds is 3. The van der Waals surface area contributed by atoms with Crippen molar-refractivity contribution in [2.45, 2.75) is 26.4 Å². The molecule has 0 saturated carbocycles. The van der Waals surface area contributed by atoms with Gasteiger partial charge in [-0.2, -0.15) is 5.10 Å². The zero-order valence-electron chi connectivity index (χ0n) is 8.74. The van der Waals surface area contributed by atoms with Gasteiger partial charge in [0.25, 0.3) is 0 Å². The van der Waals surface area contributed by atoms with Gasteiger partial charge in [-0.1, -0.05) is 0 Å². The van der Waals surface area contributed by atoms with Crippen LogP contribution >= 0.6 is 0 Å². The van der Waals surface area contributed by atoms with Crippen LogP contribution in [0.4, 0.5) is 0 Å². The molecule has 14 heavy (non-hydrogen) atoms. The molecule has 0 radical (unpaired) electrons. The molecule has 5 nitrogen and oxygen atoms in total. The molecule has 5 heteroatoms. The number of hydrogen-bond donors (Lipinski definition) is 2. The topological polar surface area (TPSA) is 72.9 Å². The Morgan fingerprint density at radius 3 is 2.86 bits per heavy atom. The minimum absolute atomic E-state index is 0.145. The highest BCUT2D eigenvalue weighted by molar-refractivity contribution is 5.80. The van der Waals surface area contributed by atoms with Crippen molar-refractivity contribution >= 4 is 5.91 Å². The van der Waals surface area contributed by atoms with Crippen molar-refractivity contribution in [3.63, 3.8) is 0 Å². The second-order valence-corrected chi connectivity index (χ2v) is 3.39. The first kappa shape index (κ1) is 10.7. The summed E-state index contributed by atoms with van der Waals surface area (Å²) in [5, 5.41) is 6.81. The van der Waals surface area contributed by atoms with Crippen molar-refractivity contribution < 1.29 is 4.79 Å². The third-order valence-corrected chi connectivity index (χ3v) is 2.20. The number of nitrogens with two attached hydrogens (primary N) is 1. The Labute approximate surface area is 83.3 Å². The molecule has 1 rings (SSSR count). The highest BCUT2D eigenvalue weighted by Crippen LogP contribution is 2.04. The smallest absolute Gasteiger partial charge is 0.236 e. The van der Waals surface area contributed by atoms with E-state index in [1.165, 1.54) is 0 Å². The van der Waals surface area contributed by atoms with E-state index in [0.29, 0.717) is 6.54 Å². The standard InChI is InChI=1S/C9H16N4O/c1-6(10)9(14)11-4-8-5-12-13(3)7(8)2/h5-6H,4,10H2,1-3H3,(H,11,14)/t6-/m0/s1. The van der Waals surface area contributed by atoms with Crippen molar-refractivity contribution in [2.24, 2.45) is 12.8 Å². The van der Waals surface area contributed by atoms with Crippen LogP contribution in [0.1, 0.15) is 18.2 Å². The lowest BCUT2D eigenvalue weighted by Gasteiger charge is -2.06. The molecule has 0 aliphatic heterocycles. The molecule has 1 amide bonds. The number of carbonyl (C=O) groups excluding carboxylic acids is 1. The molecule has 3 N–H and O–H groups in total. The van der Waals surface area contributed by atoms with Crippen LogP contribution in [0.15, 0.2) is 6.20 Å². The van der Waals surface area contributed by atoms with E-state index in [9.17, 15) is 4.79 Å². The predicted molar refractivity (Wildman–Crippen MR) is 53.4 cm³/mol. The lowest BCUT2D eigenvalue weighted by atomic mass is 10.2. The van der Waals surface area contributed by atoms with Crippen molar-refractivity contribution in [2.75, 3.05) is 0 Å². The monoisotopic (exact) mass is 196 g/mol. The first-order valence-electron chi connectivity index (χ1n) is 4.53. The molecule has 1 aromatic heterocycles. The summed E-state index contributed by atoms with van der Waals surface area (Å²) in [6.07, 6.45) is 1.75. The number of nitrogens with zero attached hydrogens (tertiary/aromatic N) is 2. The molecule has 0 aliphatic rings. The van der Waals surface area contributed by atoms with Gasteiger partial charge in [0, 0.05) is 24.8 Å². The molecule has 1 atom stereocenters. The highest BCUT2D eigenvalue weighted by atomic mass is 16.2. The van der Waals surface area contributed by atoms with Gasteiger partial charge in [-0.05, 0) is 13.8 Å². The lowest BCUT2D eigenvalue weighted by Crippen LogP contribution is -2.37. The van der Waals surface area contributed by atoms with Crippen molar-refractivity contribution in [3.05, 3.63) is 17.5 Å². The molecule has 0 aliphatic carbocycles. The third-order valence-electron chi connectivity index (χ3n) is 2.20. The Bertz CT molecular complexity index is 330. The zero-order chi connectivity index (χ0) is 10.7. The number of carbonyl (C=O) groups is 1. The maximum atomic E-state index is 11.2. The average Bonchev–Trinajstić information content (AvgIpc) is 2.44. The van der Waals surface area contributed by atoms with E-state index >= 15 is 0 Å². The third kappa shape index (κ3) is 2.32. The van der Waals surface area contributed by atoms with E-state index in [1.807, 2.05) is 14.0 Å². The van der Waals surface area contributed by atoms with E-state index < -0.39 is 6.04 Å². The van der Waals surface area contributed by atoms with Crippen LogP contribution in [0.2, 0.25) is 0 Å². The van der Waals surface area contributed by atoms with E-state index in [-0.39, 0.29) is 5.91 Å². The Balaban J connectivity index is 2.54. The Morgan fingerprint density at radius 2 is 2.43 bits per heavy atom. The number of aromatic nitrogens is 2. The summed E-state index contributed by atoms with van der Waals surface area (Å²) >= 11 is 0. The molecular weight excluding hydrogens is 180 g/mol. The number of hydrogen-bond acceptors (Lipinski definition) is 3. The number of amides is 1. The van der Waals surface area contributed by atoms with Crippen molar-refractivity contribution in [1.29, 1.82) is 0 Å². The Hall–Kier alpha value is -1.36. The largest absolute Gasteiger partial charge is 0.351 e. The lowest BCUT2D eigenvalue weighted by molar-refractivity contribution is -0.122. The average molecular weight is 196 g/mol. The van der Waals surface area contributed by atoms with Gasteiger partial charge in [-0.25, -0.2) is 0 Å². The van der Waals surface area contributed by atoms with Crippen LogP contribution in [0, 0.1) is 6.92 Å². The molecule has 0 spiro atoms. The minimum Gasteiger partial charge on any atom is -0.351 e. The van der Waals surface area contributed by atoms with E-state index in [1.54, 1.807) is 17.8 Å². The van der Waals surface area contributed by atoms with Gasteiger partial charge in [0.2, 0.25) is 5.91 Å². The van der Waals surface area contributed by atoms with Crippen LogP contribution in [0.25, 0.3) is 0 Å². The zero-order valence-corrected chi connectivity index (χ0v) is 8.74.